The van der Waals surface area contributed by atoms with E-state index >= 15 is 0 Å². The molecule has 1 aromatic carbocycles. The van der Waals surface area contributed by atoms with Gasteiger partial charge in [-0.3, -0.25) is 4.79 Å². The molecule has 1 atom stereocenters. The third kappa shape index (κ3) is 5.21. The fourth-order valence-electron chi connectivity index (χ4n) is 2.00. The summed E-state index contributed by atoms with van der Waals surface area (Å²) in [7, 11) is 3.44. The molecular formula is C16H27ClN2O2. The summed E-state index contributed by atoms with van der Waals surface area (Å²) >= 11 is 0. The van der Waals surface area contributed by atoms with E-state index < -0.39 is 6.04 Å². The van der Waals surface area contributed by atoms with Crippen LogP contribution in [0.15, 0.2) is 18.2 Å². The van der Waals surface area contributed by atoms with Crippen molar-refractivity contribution in [2.24, 2.45) is 11.1 Å². The molecule has 4 nitrogen and oxygen atoms in total. The average molecular weight is 315 g/mol. The van der Waals surface area contributed by atoms with Gasteiger partial charge in [-0.15, -0.1) is 12.4 Å². The number of benzene rings is 1. The van der Waals surface area contributed by atoms with E-state index in [0.29, 0.717) is 6.54 Å². The maximum absolute atomic E-state index is 12.3. The van der Waals surface area contributed by atoms with Gasteiger partial charge in [0.05, 0.1) is 13.2 Å². The lowest BCUT2D eigenvalue weighted by Gasteiger charge is -2.30. The number of hydrogen-bond donors (Lipinski definition) is 1. The highest BCUT2D eigenvalue weighted by Gasteiger charge is 2.29. The SMILES string of the molecule is COc1ccc(CN(C)C(=O)[C@@H](N)C(C)(C)C)cc1C.Cl. The summed E-state index contributed by atoms with van der Waals surface area (Å²) in [6.45, 7) is 8.46. The number of halogens is 1. The molecule has 0 aliphatic carbocycles. The van der Waals surface area contributed by atoms with Gasteiger partial charge in [-0.2, -0.15) is 0 Å². The fourth-order valence-corrected chi connectivity index (χ4v) is 2.00. The van der Waals surface area contributed by atoms with Crippen LogP contribution in [-0.4, -0.2) is 31.0 Å². The van der Waals surface area contributed by atoms with Crippen molar-refractivity contribution in [3.63, 3.8) is 0 Å². The van der Waals surface area contributed by atoms with Gasteiger partial charge in [-0.05, 0) is 29.5 Å². The first kappa shape index (κ1) is 19.7. The quantitative estimate of drug-likeness (QED) is 0.929. The van der Waals surface area contributed by atoms with Gasteiger partial charge in [0.1, 0.15) is 5.75 Å². The van der Waals surface area contributed by atoms with E-state index in [1.165, 1.54) is 0 Å². The van der Waals surface area contributed by atoms with Crippen molar-refractivity contribution in [2.75, 3.05) is 14.2 Å². The number of nitrogens with zero attached hydrogens (tertiary/aromatic N) is 1. The zero-order chi connectivity index (χ0) is 15.5. The Hall–Kier alpha value is -1.26. The van der Waals surface area contributed by atoms with Gasteiger partial charge >= 0.3 is 0 Å². The number of ether oxygens (including phenoxy) is 1. The Bertz CT molecular complexity index is 484. The number of methoxy groups -OCH3 is 1. The second kappa shape index (κ2) is 7.66. The van der Waals surface area contributed by atoms with Crippen LogP contribution in [0.1, 0.15) is 31.9 Å². The fraction of sp³-hybridized carbons (Fsp3) is 0.562. The summed E-state index contributed by atoms with van der Waals surface area (Å²) < 4.78 is 5.23. The second-order valence-corrected chi connectivity index (χ2v) is 6.34. The molecule has 0 fully saturated rings. The first-order chi connectivity index (χ1) is 9.16. The number of amides is 1. The third-order valence-corrected chi connectivity index (χ3v) is 3.45. The zero-order valence-corrected chi connectivity index (χ0v) is 14.6. The maximum Gasteiger partial charge on any atom is 0.240 e. The Morgan fingerprint density at radius 1 is 1.38 bits per heavy atom. The molecular weight excluding hydrogens is 288 g/mol. The van der Waals surface area contributed by atoms with Crippen LogP contribution < -0.4 is 10.5 Å². The van der Waals surface area contributed by atoms with Gasteiger partial charge in [-0.25, -0.2) is 0 Å². The van der Waals surface area contributed by atoms with E-state index in [4.69, 9.17) is 10.5 Å². The van der Waals surface area contributed by atoms with Crippen LogP contribution in [0.5, 0.6) is 5.75 Å². The van der Waals surface area contributed by atoms with Gasteiger partial charge in [-0.1, -0.05) is 32.9 Å². The molecule has 0 spiro atoms. The van der Waals surface area contributed by atoms with Crippen molar-refractivity contribution < 1.29 is 9.53 Å². The van der Waals surface area contributed by atoms with Crippen molar-refractivity contribution in [3.05, 3.63) is 29.3 Å². The van der Waals surface area contributed by atoms with Crippen LogP contribution in [-0.2, 0) is 11.3 Å². The summed E-state index contributed by atoms with van der Waals surface area (Å²) in [6, 6.07) is 5.43. The molecule has 0 aliphatic rings. The van der Waals surface area contributed by atoms with Crippen molar-refractivity contribution in [1.82, 2.24) is 4.90 Å². The van der Waals surface area contributed by atoms with Crippen LogP contribution in [0.3, 0.4) is 0 Å². The van der Waals surface area contributed by atoms with Gasteiger partial charge < -0.3 is 15.4 Å². The van der Waals surface area contributed by atoms with Crippen LogP contribution >= 0.6 is 12.4 Å². The highest BCUT2D eigenvalue weighted by atomic mass is 35.5. The minimum absolute atomic E-state index is 0. The van der Waals surface area contributed by atoms with Gasteiger partial charge in [0.25, 0.3) is 0 Å². The van der Waals surface area contributed by atoms with E-state index in [9.17, 15) is 4.79 Å². The summed E-state index contributed by atoms with van der Waals surface area (Å²) in [6.07, 6.45) is 0. The number of aryl methyl sites for hydroxylation is 1. The van der Waals surface area contributed by atoms with Gasteiger partial charge in [0, 0.05) is 13.6 Å². The van der Waals surface area contributed by atoms with Crippen LogP contribution in [0, 0.1) is 12.3 Å². The molecule has 0 unspecified atom stereocenters. The second-order valence-electron chi connectivity index (χ2n) is 6.34. The Morgan fingerprint density at radius 2 is 1.95 bits per heavy atom. The molecule has 0 saturated carbocycles. The molecule has 1 aromatic rings. The maximum atomic E-state index is 12.3. The van der Waals surface area contributed by atoms with Crippen LogP contribution in [0.25, 0.3) is 0 Å². The minimum Gasteiger partial charge on any atom is -0.496 e. The van der Waals surface area contributed by atoms with Crippen LogP contribution in [0.4, 0.5) is 0 Å². The third-order valence-electron chi connectivity index (χ3n) is 3.45. The highest BCUT2D eigenvalue weighted by Crippen LogP contribution is 2.21. The summed E-state index contributed by atoms with van der Waals surface area (Å²) in [5, 5.41) is 0. The van der Waals surface area contributed by atoms with E-state index in [1.54, 1.807) is 19.1 Å². The predicted octanol–water partition coefficient (Wildman–Crippen LogP) is 2.76. The van der Waals surface area contributed by atoms with E-state index in [1.807, 2.05) is 45.9 Å². The Kier molecular flexibility index (Phi) is 7.20. The summed E-state index contributed by atoms with van der Waals surface area (Å²) in [5.74, 6) is 0.820. The van der Waals surface area contributed by atoms with Crippen molar-refractivity contribution in [3.8, 4) is 5.75 Å². The molecule has 0 saturated heterocycles. The molecule has 0 aliphatic heterocycles. The number of hydrogen-bond acceptors (Lipinski definition) is 3. The van der Waals surface area contributed by atoms with Gasteiger partial charge in [0.2, 0.25) is 5.91 Å². The lowest BCUT2D eigenvalue weighted by atomic mass is 9.86. The Balaban J connectivity index is 0.00000400. The average Bonchev–Trinajstić information content (AvgIpc) is 2.36. The summed E-state index contributed by atoms with van der Waals surface area (Å²) in [5.41, 5.74) is 7.91. The lowest BCUT2D eigenvalue weighted by molar-refractivity contribution is -0.134. The van der Waals surface area contributed by atoms with Gasteiger partial charge in [0.15, 0.2) is 0 Å². The largest absolute Gasteiger partial charge is 0.496 e. The topological polar surface area (TPSA) is 55.6 Å². The molecule has 0 radical (unpaired) electrons. The molecule has 0 bridgehead atoms. The first-order valence-electron chi connectivity index (χ1n) is 6.81. The van der Waals surface area contributed by atoms with Crippen molar-refractivity contribution >= 4 is 18.3 Å². The number of nitrogens with two attached hydrogens (primary N) is 1. The van der Waals surface area contributed by atoms with E-state index in [0.717, 1.165) is 16.9 Å². The summed E-state index contributed by atoms with van der Waals surface area (Å²) in [4.78, 5) is 14.0. The molecule has 0 heterocycles. The number of likely N-dealkylation sites (N-methyl/N-ethyl adjacent to an activating group) is 1. The molecule has 21 heavy (non-hydrogen) atoms. The van der Waals surface area contributed by atoms with E-state index in [-0.39, 0.29) is 23.7 Å². The Labute approximate surface area is 134 Å². The van der Waals surface area contributed by atoms with Crippen molar-refractivity contribution in [2.45, 2.75) is 40.3 Å². The normalized spacial score (nSPS) is 12.3. The number of carbonyl (C=O) groups excluding carboxylic acids is 1. The molecule has 120 valence electrons. The van der Waals surface area contributed by atoms with E-state index in [2.05, 4.69) is 0 Å². The Morgan fingerprint density at radius 3 is 2.38 bits per heavy atom. The predicted molar refractivity (Wildman–Crippen MR) is 88.9 cm³/mol. The lowest BCUT2D eigenvalue weighted by Crippen LogP contribution is -2.48. The highest BCUT2D eigenvalue weighted by molar-refractivity contribution is 5.85. The van der Waals surface area contributed by atoms with Crippen molar-refractivity contribution in [1.29, 1.82) is 0 Å². The molecule has 1 amide bonds. The molecule has 2 N–H and O–H groups in total. The number of carbonyl (C=O) groups is 1. The molecule has 5 heteroatoms. The number of rotatable bonds is 4. The monoisotopic (exact) mass is 314 g/mol. The smallest absolute Gasteiger partial charge is 0.240 e. The minimum atomic E-state index is -0.494. The standard InChI is InChI=1S/C16H26N2O2.ClH/c1-11-9-12(7-8-13(11)20-6)10-18(5)15(19)14(17)16(2,3)4;/h7-9,14H,10,17H2,1-6H3;1H/t14-;/m1./s1. The zero-order valence-electron chi connectivity index (χ0n) is 13.8. The van der Waals surface area contributed by atoms with Crippen LogP contribution in [0.2, 0.25) is 0 Å². The molecule has 1 rings (SSSR count). The first-order valence-corrected chi connectivity index (χ1v) is 6.81. The molecule has 0 aromatic heterocycles.